The summed E-state index contributed by atoms with van der Waals surface area (Å²) in [4.78, 5) is 2.19. The smallest absolute Gasteiger partial charge is 0.153 e. The van der Waals surface area contributed by atoms with Gasteiger partial charge in [-0.1, -0.05) is 19.0 Å². The molecular weight excluding hydrogens is 194 g/mol. The number of nitrogens with two attached hydrogens (primary N) is 1. The molecule has 0 bridgehead atoms. The van der Waals surface area contributed by atoms with Crippen molar-refractivity contribution in [3.63, 3.8) is 0 Å². The fourth-order valence-corrected chi connectivity index (χ4v) is 2.19. The van der Waals surface area contributed by atoms with Gasteiger partial charge in [-0.15, -0.1) is 0 Å². The quantitative estimate of drug-likeness (QED) is 0.307. The number of methoxy groups -OCH3 is 1. The van der Waals surface area contributed by atoms with Crippen LogP contribution in [-0.4, -0.2) is 49.3 Å². The Labute approximate surface area is 90.9 Å². The van der Waals surface area contributed by atoms with Crippen LogP contribution in [0.15, 0.2) is 5.16 Å². The van der Waals surface area contributed by atoms with Gasteiger partial charge in [0.05, 0.1) is 13.2 Å². The van der Waals surface area contributed by atoms with Crippen LogP contribution >= 0.6 is 0 Å². The third kappa shape index (κ3) is 3.07. The maximum atomic E-state index is 8.51. The summed E-state index contributed by atoms with van der Waals surface area (Å²) in [6.45, 7) is 7.64. The summed E-state index contributed by atoms with van der Waals surface area (Å²) in [5.74, 6) is 0.776. The Balaban J connectivity index is 2.54. The molecular formula is C10H21N3O2. The van der Waals surface area contributed by atoms with E-state index in [2.05, 4.69) is 23.9 Å². The van der Waals surface area contributed by atoms with E-state index in [0.29, 0.717) is 12.5 Å². The molecule has 0 aromatic carbocycles. The number of ether oxygens (including phenoxy) is 1. The summed E-state index contributed by atoms with van der Waals surface area (Å²) < 4.78 is 5.20. The monoisotopic (exact) mass is 215 g/mol. The van der Waals surface area contributed by atoms with Crippen LogP contribution < -0.4 is 5.73 Å². The Bertz CT molecular complexity index is 241. The van der Waals surface area contributed by atoms with Crippen LogP contribution in [0.3, 0.4) is 0 Å². The maximum absolute atomic E-state index is 8.51. The Hall–Kier alpha value is -0.810. The molecule has 1 rings (SSSR count). The molecule has 0 radical (unpaired) electrons. The first-order valence-electron chi connectivity index (χ1n) is 5.17. The summed E-state index contributed by atoms with van der Waals surface area (Å²) in [6.07, 6.45) is 0. The fraction of sp³-hybridized carbons (Fsp3) is 0.900. The fourth-order valence-electron chi connectivity index (χ4n) is 2.19. The molecule has 0 aromatic rings. The first kappa shape index (κ1) is 12.3. The van der Waals surface area contributed by atoms with Gasteiger partial charge in [0.25, 0.3) is 0 Å². The number of hydrogen-bond donors (Lipinski definition) is 2. The lowest BCUT2D eigenvalue weighted by Crippen LogP contribution is -2.33. The highest BCUT2D eigenvalue weighted by atomic mass is 16.5. The predicted octanol–water partition coefficient (Wildman–Crippen LogP) is 0.337. The second-order valence-corrected chi connectivity index (χ2v) is 4.90. The molecule has 0 saturated carbocycles. The first-order valence-corrected chi connectivity index (χ1v) is 5.17. The van der Waals surface area contributed by atoms with Crippen molar-refractivity contribution in [2.45, 2.75) is 13.8 Å². The van der Waals surface area contributed by atoms with E-state index >= 15 is 0 Å². The van der Waals surface area contributed by atoms with Gasteiger partial charge in [0.1, 0.15) is 0 Å². The molecule has 5 heteroatoms. The van der Waals surface area contributed by atoms with Crippen LogP contribution in [0.5, 0.6) is 0 Å². The van der Waals surface area contributed by atoms with Crippen molar-refractivity contribution < 1.29 is 9.94 Å². The van der Waals surface area contributed by atoms with E-state index < -0.39 is 0 Å². The summed E-state index contributed by atoms with van der Waals surface area (Å²) in [6, 6.07) is 0. The summed E-state index contributed by atoms with van der Waals surface area (Å²) in [5.41, 5.74) is 5.72. The molecule has 88 valence electrons. The maximum Gasteiger partial charge on any atom is 0.153 e. The Morgan fingerprint density at radius 2 is 2.33 bits per heavy atom. The average molecular weight is 215 g/mol. The van der Waals surface area contributed by atoms with Gasteiger partial charge < -0.3 is 15.7 Å². The zero-order valence-corrected chi connectivity index (χ0v) is 9.73. The van der Waals surface area contributed by atoms with Gasteiger partial charge in [0, 0.05) is 26.1 Å². The summed E-state index contributed by atoms with van der Waals surface area (Å²) in [7, 11) is 1.72. The molecule has 0 aromatic heterocycles. The lowest BCUT2D eigenvalue weighted by atomic mass is 9.83. The van der Waals surface area contributed by atoms with Crippen LogP contribution in [0.1, 0.15) is 13.8 Å². The Morgan fingerprint density at radius 3 is 2.87 bits per heavy atom. The minimum atomic E-state index is 0.228. The number of likely N-dealkylation sites (tertiary alicyclic amines) is 1. The van der Waals surface area contributed by atoms with E-state index in [4.69, 9.17) is 15.7 Å². The van der Waals surface area contributed by atoms with E-state index in [1.807, 2.05) is 0 Å². The Kier molecular flexibility index (Phi) is 3.93. The molecule has 3 N–H and O–H groups in total. The van der Waals surface area contributed by atoms with Crippen LogP contribution in [0, 0.1) is 11.3 Å². The molecule has 0 unspecified atom stereocenters. The van der Waals surface area contributed by atoms with E-state index in [-0.39, 0.29) is 11.3 Å². The average Bonchev–Trinajstić information content (AvgIpc) is 2.42. The SMILES string of the molecule is COC[C@@H]1CN(CC(N)=NO)CC1(C)C. The molecule has 1 aliphatic rings. The highest BCUT2D eigenvalue weighted by Crippen LogP contribution is 2.34. The van der Waals surface area contributed by atoms with Gasteiger partial charge in [-0.2, -0.15) is 0 Å². The second-order valence-electron chi connectivity index (χ2n) is 4.90. The predicted molar refractivity (Wildman–Crippen MR) is 59.0 cm³/mol. The normalized spacial score (nSPS) is 27.1. The number of amidine groups is 1. The van der Waals surface area contributed by atoms with Crippen LogP contribution in [-0.2, 0) is 4.74 Å². The van der Waals surface area contributed by atoms with Gasteiger partial charge in [-0.25, -0.2) is 0 Å². The molecule has 1 atom stereocenters. The Morgan fingerprint density at radius 1 is 1.67 bits per heavy atom. The summed E-state index contributed by atoms with van der Waals surface area (Å²) in [5, 5.41) is 11.5. The minimum absolute atomic E-state index is 0.228. The molecule has 1 aliphatic heterocycles. The third-order valence-corrected chi connectivity index (χ3v) is 3.10. The molecule has 0 spiro atoms. The second kappa shape index (κ2) is 4.81. The zero-order valence-electron chi connectivity index (χ0n) is 9.73. The standard InChI is InChI=1S/C10H21N3O2/c1-10(2)7-13(5-9(11)12-14)4-8(10)6-15-3/h8,14H,4-7H2,1-3H3,(H2,11,12)/t8-/m0/s1. The van der Waals surface area contributed by atoms with Crippen molar-refractivity contribution in [2.75, 3.05) is 33.4 Å². The van der Waals surface area contributed by atoms with Crippen LogP contribution in [0.25, 0.3) is 0 Å². The van der Waals surface area contributed by atoms with Gasteiger partial charge >= 0.3 is 0 Å². The van der Waals surface area contributed by atoms with Crippen molar-refractivity contribution in [1.82, 2.24) is 4.90 Å². The summed E-state index contributed by atoms with van der Waals surface area (Å²) >= 11 is 0. The van der Waals surface area contributed by atoms with Crippen molar-refractivity contribution >= 4 is 5.84 Å². The molecule has 1 fully saturated rings. The number of hydrogen-bond acceptors (Lipinski definition) is 4. The third-order valence-electron chi connectivity index (χ3n) is 3.10. The van der Waals surface area contributed by atoms with E-state index in [1.54, 1.807) is 7.11 Å². The largest absolute Gasteiger partial charge is 0.409 e. The number of oxime groups is 1. The van der Waals surface area contributed by atoms with Crippen molar-refractivity contribution in [2.24, 2.45) is 22.2 Å². The van der Waals surface area contributed by atoms with E-state index in [9.17, 15) is 0 Å². The molecule has 5 nitrogen and oxygen atoms in total. The highest BCUT2D eigenvalue weighted by Gasteiger charge is 2.39. The molecule has 15 heavy (non-hydrogen) atoms. The minimum Gasteiger partial charge on any atom is -0.409 e. The first-order chi connectivity index (χ1) is 6.99. The molecule has 0 amide bonds. The number of nitrogens with zero attached hydrogens (tertiary/aromatic N) is 2. The van der Waals surface area contributed by atoms with E-state index in [0.717, 1.165) is 19.7 Å². The van der Waals surface area contributed by atoms with Crippen molar-refractivity contribution in [3.05, 3.63) is 0 Å². The molecule has 1 saturated heterocycles. The van der Waals surface area contributed by atoms with Gasteiger partial charge in [0.2, 0.25) is 0 Å². The van der Waals surface area contributed by atoms with E-state index in [1.165, 1.54) is 0 Å². The van der Waals surface area contributed by atoms with Gasteiger partial charge in [0.15, 0.2) is 5.84 Å². The lowest BCUT2D eigenvalue weighted by Gasteiger charge is -2.24. The highest BCUT2D eigenvalue weighted by molar-refractivity contribution is 5.81. The van der Waals surface area contributed by atoms with Crippen LogP contribution in [0.4, 0.5) is 0 Å². The molecule has 0 aliphatic carbocycles. The van der Waals surface area contributed by atoms with Crippen molar-refractivity contribution in [1.29, 1.82) is 0 Å². The molecule has 1 heterocycles. The number of rotatable bonds is 4. The van der Waals surface area contributed by atoms with Gasteiger partial charge in [-0.3, -0.25) is 4.90 Å². The topological polar surface area (TPSA) is 71.1 Å². The zero-order chi connectivity index (χ0) is 11.5. The van der Waals surface area contributed by atoms with Crippen LogP contribution in [0.2, 0.25) is 0 Å². The van der Waals surface area contributed by atoms with Gasteiger partial charge in [-0.05, 0) is 5.41 Å². The lowest BCUT2D eigenvalue weighted by molar-refractivity contribution is 0.112. The van der Waals surface area contributed by atoms with Crippen molar-refractivity contribution in [3.8, 4) is 0 Å².